The molecule has 1 aliphatic rings. The monoisotopic (exact) mass is 357 g/mol. The van der Waals surface area contributed by atoms with Crippen LogP contribution in [0.25, 0.3) is 11.5 Å². The number of benzene rings is 2. The van der Waals surface area contributed by atoms with E-state index >= 15 is 0 Å². The lowest BCUT2D eigenvalue weighted by Gasteiger charge is -2.17. The Hall–Kier alpha value is -2.73. The average molecular weight is 358 g/mol. The minimum absolute atomic E-state index is 0.0599. The number of hydrogen-bond donors (Lipinski definition) is 0. The van der Waals surface area contributed by atoms with Gasteiger partial charge >= 0.3 is 0 Å². The second kappa shape index (κ2) is 6.29. The molecule has 0 N–H and O–H groups in total. The van der Waals surface area contributed by atoms with Crippen LogP contribution < -0.4 is 4.90 Å². The minimum Gasteiger partial charge on any atom is -0.334 e. The summed E-state index contributed by atoms with van der Waals surface area (Å²) < 4.78 is 19.0. The maximum absolute atomic E-state index is 13.8. The van der Waals surface area contributed by atoms with Gasteiger partial charge in [-0.2, -0.15) is 4.98 Å². The van der Waals surface area contributed by atoms with Gasteiger partial charge in [-0.15, -0.1) is 0 Å². The third-order valence-corrected chi connectivity index (χ3v) is 4.50. The molecule has 1 amide bonds. The molecular formula is C18H13ClFN3O2. The molecule has 1 aromatic heterocycles. The Morgan fingerprint density at radius 2 is 1.92 bits per heavy atom. The van der Waals surface area contributed by atoms with Crippen molar-refractivity contribution in [1.82, 2.24) is 10.1 Å². The first-order chi connectivity index (χ1) is 12.1. The molecule has 1 aliphatic heterocycles. The van der Waals surface area contributed by atoms with Crippen LogP contribution in [0.4, 0.5) is 10.1 Å². The fraction of sp³-hybridized carbons (Fsp3) is 0.167. The summed E-state index contributed by atoms with van der Waals surface area (Å²) in [5.74, 6) is -0.223. The number of aromatic nitrogens is 2. The molecule has 1 atom stereocenters. The molecule has 126 valence electrons. The summed E-state index contributed by atoms with van der Waals surface area (Å²) in [7, 11) is 0. The number of amides is 1. The van der Waals surface area contributed by atoms with E-state index in [2.05, 4.69) is 10.1 Å². The molecule has 2 aromatic carbocycles. The molecule has 1 fully saturated rings. The van der Waals surface area contributed by atoms with E-state index in [4.69, 9.17) is 16.1 Å². The third-order valence-electron chi connectivity index (χ3n) is 4.18. The van der Waals surface area contributed by atoms with Crippen molar-refractivity contribution < 1.29 is 13.7 Å². The average Bonchev–Trinajstić information content (AvgIpc) is 3.23. The largest absolute Gasteiger partial charge is 0.334 e. The second-order valence-electron chi connectivity index (χ2n) is 5.79. The molecule has 5 nitrogen and oxygen atoms in total. The van der Waals surface area contributed by atoms with Crippen LogP contribution in [0.5, 0.6) is 0 Å². The highest BCUT2D eigenvalue weighted by Crippen LogP contribution is 2.34. The van der Waals surface area contributed by atoms with E-state index in [9.17, 15) is 9.18 Å². The SMILES string of the molecule is O=C1CC(c2noc(-c3ccccc3F)n2)CN1c1ccccc1Cl. The summed E-state index contributed by atoms with van der Waals surface area (Å²) in [5, 5.41) is 4.45. The van der Waals surface area contributed by atoms with Crippen molar-refractivity contribution in [1.29, 1.82) is 0 Å². The van der Waals surface area contributed by atoms with Gasteiger partial charge < -0.3 is 9.42 Å². The van der Waals surface area contributed by atoms with Crippen molar-refractivity contribution in [3.05, 3.63) is 65.2 Å². The summed E-state index contributed by atoms with van der Waals surface area (Å²) in [6.07, 6.45) is 0.251. The molecule has 0 bridgehead atoms. The quantitative estimate of drug-likeness (QED) is 0.709. The zero-order valence-corrected chi connectivity index (χ0v) is 13.8. The first-order valence-electron chi connectivity index (χ1n) is 7.77. The standard InChI is InChI=1S/C18H13ClFN3O2/c19-13-6-2-4-8-15(13)23-10-11(9-16(23)24)17-21-18(25-22-17)12-5-1-3-7-14(12)20/h1-8,11H,9-10H2. The zero-order chi connectivity index (χ0) is 17.4. The van der Waals surface area contributed by atoms with Gasteiger partial charge in [0.2, 0.25) is 5.91 Å². The number of para-hydroxylation sites is 1. The van der Waals surface area contributed by atoms with Crippen LogP contribution in [-0.4, -0.2) is 22.6 Å². The lowest BCUT2D eigenvalue weighted by atomic mass is 10.1. The third kappa shape index (κ3) is 2.89. The van der Waals surface area contributed by atoms with Crippen molar-refractivity contribution >= 4 is 23.2 Å². The van der Waals surface area contributed by atoms with Gasteiger partial charge in [-0.25, -0.2) is 4.39 Å². The molecule has 1 unspecified atom stereocenters. The Balaban J connectivity index is 1.59. The number of halogens is 2. The van der Waals surface area contributed by atoms with Crippen LogP contribution in [0.3, 0.4) is 0 Å². The van der Waals surface area contributed by atoms with Gasteiger partial charge in [0, 0.05) is 18.9 Å². The van der Waals surface area contributed by atoms with Gasteiger partial charge in [0.1, 0.15) is 5.82 Å². The fourth-order valence-corrected chi connectivity index (χ4v) is 3.17. The molecular weight excluding hydrogens is 345 g/mol. The zero-order valence-electron chi connectivity index (χ0n) is 13.0. The Morgan fingerprint density at radius 1 is 1.16 bits per heavy atom. The van der Waals surface area contributed by atoms with Gasteiger partial charge in [0.15, 0.2) is 5.82 Å². The van der Waals surface area contributed by atoms with E-state index in [-0.39, 0.29) is 29.7 Å². The van der Waals surface area contributed by atoms with Gasteiger partial charge in [-0.05, 0) is 24.3 Å². The predicted molar refractivity (Wildman–Crippen MR) is 90.9 cm³/mol. The highest BCUT2D eigenvalue weighted by atomic mass is 35.5. The van der Waals surface area contributed by atoms with E-state index in [1.54, 1.807) is 35.2 Å². The van der Waals surface area contributed by atoms with E-state index in [0.29, 0.717) is 23.1 Å². The van der Waals surface area contributed by atoms with Crippen LogP contribution in [0.15, 0.2) is 53.1 Å². The smallest absolute Gasteiger partial charge is 0.260 e. The predicted octanol–water partition coefficient (Wildman–Crippen LogP) is 4.05. The Kier molecular flexibility index (Phi) is 3.97. The molecule has 7 heteroatoms. The van der Waals surface area contributed by atoms with E-state index in [0.717, 1.165) is 0 Å². The van der Waals surface area contributed by atoms with Crippen LogP contribution >= 0.6 is 11.6 Å². The fourth-order valence-electron chi connectivity index (χ4n) is 2.93. The number of hydrogen-bond acceptors (Lipinski definition) is 4. The minimum atomic E-state index is -0.433. The van der Waals surface area contributed by atoms with Gasteiger partial charge in [-0.3, -0.25) is 4.79 Å². The second-order valence-corrected chi connectivity index (χ2v) is 6.20. The van der Waals surface area contributed by atoms with Gasteiger partial charge in [-0.1, -0.05) is 41.0 Å². The summed E-state index contributed by atoms with van der Waals surface area (Å²) in [5.41, 5.74) is 0.906. The Labute approximate surface area is 148 Å². The maximum atomic E-state index is 13.8. The van der Waals surface area contributed by atoms with Crippen molar-refractivity contribution in [2.45, 2.75) is 12.3 Å². The number of rotatable bonds is 3. The Morgan fingerprint density at radius 3 is 2.72 bits per heavy atom. The highest BCUT2D eigenvalue weighted by molar-refractivity contribution is 6.33. The number of carbonyl (C=O) groups excluding carboxylic acids is 1. The maximum Gasteiger partial charge on any atom is 0.260 e. The topological polar surface area (TPSA) is 59.2 Å². The van der Waals surface area contributed by atoms with Crippen LogP contribution in [0.1, 0.15) is 18.2 Å². The Bertz CT molecular complexity index is 943. The number of nitrogens with zero attached hydrogens (tertiary/aromatic N) is 3. The molecule has 0 saturated carbocycles. The number of anilines is 1. The van der Waals surface area contributed by atoms with E-state index in [1.165, 1.54) is 6.07 Å². The summed E-state index contributed by atoms with van der Waals surface area (Å²) >= 11 is 6.18. The van der Waals surface area contributed by atoms with Crippen LogP contribution in [-0.2, 0) is 4.79 Å². The summed E-state index contributed by atoms with van der Waals surface area (Å²) in [6, 6.07) is 13.4. The molecule has 2 heterocycles. The van der Waals surface area contributed by atoms with E-state index in [1.807, 2.05) is 12.1 Å². The summed E-state index contributed by atoms with van der Waals surface area (Å²) in [6.45, 7) is 0.402. The van der Waals surface area contributed by atoms with Crippen molar-refractivity contribution in [3.63, 3.8) is 0 Å². The van der Waals surface area contributed by atoms with Crippen molar-refractivity contribution in [2.75, 3.05) is 11.4 Å². The molecule has 3 aromatic rings. The van der Waals surface area contributed by atoms with Crippen molar-refractivity contribution in [3.8, 4) is 11.5 Å². The molecule has 4 rings (SSSR count). The van der Waals surface area contributed by atoms with Crippen molar-refractivity contribution in [2.24, 2.45) is 0 Å². The first kappa shape index (κ1) is 15.8. The molecule has 0 radical (unpaired) electrons. The van der Waals surface area contributed by atoms with E-state index < -0.39 is 5.82 Å². The van der Waals surface area contributed by atoms with Gasteiger partial charge in [0.05, 0.1) is 16.3 Å². The number of carbonyl (C=O) groups is 1. The molecule has 0 spiro atoms. The molecule has 1 saturated heterocycles. The normalized spacial score (nSPS) is 17.3. The molecule has 25 heavy (non-hydrogen) atoms. The first-order valence-corrected chi connectivity index (χ1v) is 8.14. The lowest BCUT2D eigenvalue weighted by Crippen LogP contribution is -2.24. The van der Waals surface area contributed by atoms with Gasteiger partial charge in [0.25, 0.3) is 5.89 Å². The van der Waals surface area contributed by atoms with Crippen LogP contribution in [0.2, 0.25) is 5.02 Å². The highest BCUT2D eigenvalue weighted by Gasteiger charge is 2.35. The summed E-state index contributed by atoms with van der Waals surface area (Å²) in [4.78, 5) is 18.3. The molecule has 0 aliphatic carbocycles. The lowest BCUT2D eigenvalue weighted by molar-refractivity contribution is -0.117. The van der Waals surface area contributed by atoms with Crippen LogP contribution in [0, 0.1) is 5.82 Å².